The summed E-state index contributed by atoms with van der Waals surface area (Å²) in [5, 5.41) is 14.0. The van der Waals surface area contributed by atoms with Crippen LogP contribution >= 0.6 is 11.3 Å². The summed E-state index contributed by atoms with van der Waals surface area (Å²) in [4.78, 5) is 4.49. The summed E-state index contributed by atoms with van der Waals surface area (Å²) in [7, 11) is 0. The Morgan fingerprint density at radius 3 is 2.79 bits per heavy atom. The Balaban J connectivity index is 2.18. The lowest BCUT2D eigenvalue weighted by molar-refractivity contribution is 0.513. The molecule has 2 rings (SSSR count). The predicted octanol–water partition coefficient (Wildman–Crippen LogP) is 3.36. The van der Waals surface area contributed by atoms with Crippen LogP contribution in [0.3, 0.4) is 0 Å². The maximum Gasteiger partial charge on any atom is 0.166 e. The van der Waals surface area contributed by atoms with Crippen LogP contribution in [-0.4, -0.2) is 21.7 Å². The van der Waals surface area contributed by atoms with E-state index in [9.17, 15) is 0 Å². The van der Waals surface area contributed by atoms with E-state index in [2.05, 4.69) is 34.3 Å². The van der Waals surface area contributed by atoms with Gasteiger partial charge >= 0.3 is 0 Å². The van der Waals surface area contributed by atoms with E-state index < -0.39 is 0 Å². The second kappa shape index (κ2) is 6.73. The first kappa shape index (κ1) is 14.1. The minimum Gasteiger partial charge on any atom is -0.308 e. The van der Waals surface area contributed by atoms with Gasteiger partial charge in [0.1, 0.15) is 10.7 Å². The molecule has 2 aromatic heterocycles. The Morgan fingerprint density at radius 2 is 2.11 bits per heavy atom. The Morgan fingerprint density at radius 1 is 1.26 bits per heavy atom. The van der Waals surface area contributed by atoms with Crippen LogP contribution in [0, 0.1) is 6.92 Å². The van der Waals surface area contributed by atoms with Crippen molar-refractivity contribution < 1.29 is 0 Å². The molecule has 1 N–H and O–H groups in total. The van der Waals surface area contributed by atoms with Crippen LogP contribution in [-0.2, 0) is 0 Å². The second-order valence-electron chi connectivity index (χ2n) is 4.52. The van der Waals surface area contributed by atoms with Gasteiger partial charge in [0, 0.05) is 5.69 Å². The lowest BCUT2D eigenvalue weighted by atomic mass is 10.2. The van der Waals surface area contributed by atoms with Crippen molar-refractivity contribution in [1.82, 2.24) is 20.5 Å². The molecule has 0 aliphatic rings. The van der Waals surface area contributed by atoms with Gasteiger partial charge in [-0.05, 0) is 38.4 Å². The first-order chi connectivity index (χ1) is 9.24. The van der Waals surface area contributed by atoms with Crippen LogP contribution in [0.5, 0.6) is 0 Å². The Hall–Kier alpha value is -1.33. The minimum atomic E-state index is 0.302. The van der Waals surface area contributed by atoms with E-state index in [0.717, 1.165) is 40.8 Å². The van der Waals surface area contributed by atoms with Gasteiger partial charge in [-0.1, -0.05) is 31.3 Å². The molecule has 0 aliphatic carbocycles. The molecule has 2 aromatic rings. The normalized spacial score (nSPS) is 12.6. The minimum absolute atomic E-state index is 0.302. The number of rotatable bonds is 6. The fraction of sp³-hybridized carbons (Fsp3) is 0.500. The third-order valence-electron chi connectivity index (χ3n) is 2.90. The third kappa shape index (κ3) is 3.58. The Kier molecular flexibility index (Phi) is 4.99. The zero-order valence-electron chi connectivity index (χ0n) is 11.7. The van der Waals surface area contributed by atoms with Gasteiger partial charge in [0.25, 0.3) is 0 Å². The largest absolute Gasteiger partial charge is 0.308 e. The maximum absolute atomic E-state index is 4.49. The third-order valence-corrected chi connectivity index (χ3v) is 3.95. The Bertz CT molecular complexity index is 524. The number of nitrogens with zero attached hydrogens (tertiary/aromatic N) is 3. The smallest absolute Gasteiger partial charge is 0.166 e. The molecule has 5 heteroatoms. The fourth-order valence-corrected chi connectivity index (χ4v) is 2.84. The molecule has 0 fully saturated rings. The molecule has 0 amide bonds. The first-order valence-corrected chi connectivity index (χ1v) is 7.57. The summed E-state index contributed by atoms with van der Waals surface area (Å²) in [6, 6.07) is 6.28. The average molecular weight is 276 g/mol. The molecule has 0 bridgehead atoms. The molecule has 0 spiro atoms. The van der Waals surface area contributed by atoms with Crippen molar-refractivity contribution in [3.63, 3.8) is 0 Å². The standard InChI is InChI=1S/C14H20N4S/c1-4-9-15-11(5-2)13-17-18-14(19-13)12-8-6-7-10(3)16-12/h6-8,11,15H,4-5,9H2,1-3H3. The highest BCUT2D eigenvalue weighted by Gasteiger charge is 2.15. The van der Waals surface area contributed by atoms with Crippen LogP contribution in [0.4, 0.5) is 0 Å². The van der Waals surface area contributed by atoms with Gasteiger partial charge in [-0.15, -0.1) is 10.2 Å². The van der Waals surface area contributed by atoms with Gasteiger partial charge in [0.05, 0.1) is 6.04 Å². The second-order valence-corrected chi connectivity index (χ2v) is 5.53. The van der Waals surface area contributed by atoms with Crippen LogP contribution in [0.15, 0.2) is 18.2 Å². The zero-order valence-corrected chi connectivity index (χ0v) is 12.5. The predicted molar refractivity (Wildman–Crippen MR) is 79.2 cm³/mol. The number of hydrogen-bond donors (Lipinski definition) is 1. The molecule has 0 radical (unpaired) electrons. The SMILES string of the molecule is CCCNC(CC)c1nnc(-c2cccc(C)n2)s1. The highest BCUT2D eigenvalue weighted by molar-refractivity contribution is 7.14. The first-order valence-electron chi connectivity index (χ1n) is 6.75. The molecular weight excluding hydrogens is 256 g/mol. The monoisotopic (exact) mass is 276 g/mol. The van der Waals surface area contributed by atoms with Gasteiger partial charge in [0.15, 0.2) is 5.01 Å². The zero-order chi connectivity index (χ0) is 13.7. The van der Waals surface area contributed by atoms with Crippen molar-refractivity contribution in [2.24, 2.45) is 0 Å². The molecule has 2 heterocycles. The number of pyridine rings is 1. The topological polar surface area (TPSA) is 50.7 Å². The van der Waals surface area contributed by atoms with Gasteiger partial charge in [-0.3, -0.25) is 4.98 Å². The molecule has 4 nitrogen and oxygen atoms in total. The molecule has 102 valence electrons. The van der Waals surface area contributed by atoms with Gasteiger partial charge in [0.2, 0.25) is 0 Å². The van der Waals surface area contributed by atoms with Crippen LogP contribution < -0.4 is 5.32 Å². The fourth-order valence-electron chi connectivity index (χ4n) is 1.87. The maximum atomic E-state index is 4.49. The summed E-state index contributed by atoms with van der Waals surface area (Å²) < 4.78 is 0. The summed E-state index contributed by atoms with van der Waals surface area (Å²) >= 11 is 1.63. The van der Waals surface area contributed by atoms with E-state index in [0.29, 0.717) is 6.04 Å². The van der Waals surface area contributed by atoms with Crippen LogP contribution in [0.25, 0.3) is 10.7 Å². The lowest BCUT2D eigenvalue weighted by Gasteiger charge is -2.12. The van der Waals surface area contributed by atoms with E-state index in [4.69, 9.17) is 0 Å². The van der Waals surface area contributed by atoms with E-state index in [-0.39, 0.29) is 0 Å². The van der Waals surface area contributed by atoms with E-state index >= 15 is 0 Å². The summed E-state index contributed by atoms with van der Waals surface area (Å²) in [6.07, 6.45) is 2.15. The number of hydrogen-bond acceptors (Lipinski definition) is 5. The van der Waals surface area contributed by atoms with E-state index in [1.54, 1.807) is 11.3 Å². The van der Waals surface area contributed by atoms with Gasteiger partial charge in [-0.25, -0.2) is 0 Å². The highest BCUT2D eigenvalue weighted by atomic mass is 32.1. The quantitative estimate of drug-likeness (QED) is 0.879. The van der Waals surface area contributed by atoms with Crippen molar-refractivity contribution in [1.29, 1.82) is 0 Å². The molecule has 1 unspecified atom stereocenters. The molecule has 0 aromatic carbocycles. The summed E-state index contributed by atoms with van der Waals surface area (Å²) in [5.41, 5.74) is 1.92. The molecule has 1 atom stereocenters. The summed E-state index contributed by atoms with van der Waals surface area (Å²) in [5.74, 6) is 0. The highest BCUT2D eigenvalue weighted by Crippen LogP contribution is 2.26. The average Bonchev–Trinajstić information content (AvgIpc) is 2.89. The molecule has 19 heavy (non-hydrogen) atoms. The van der Waals surface area contributed by atoms with Crippen molar-refractivity contribution in [2.75, 3.05) is 6.54 Å². The van der Waals surface area contributed by atoms with E-state index in [1.165, 1.54) is 0 Å². The number of nitrogens with one attached hydrogen (secondary N) is 1. The summed E-state index contributed by atoms with van der Waals surface area (Å²) in [6.45, 7) is 7.33. The van der Waals surface area contributed by atoms with Crippen molar-refractivity contribution in [3.05, 3.63) is 28.9 Å². The molecule has 0 saturated carbocycles. The van der Waals surface area contributed by atoms with Crippen LogP contribution in [0.1, 0.15) is 43.4 Å². The van der Waals surface area contributed by atoms with Crippen molar-refractivity contribution in [2.45, 2.75) is 39.7 Å². The Labute approximate surface area is 118 Å². The molecule has 0 aliphatic heterocycles. The van der Waals surface area contributed by atoms with Crippen LogP contribution in [0.2, 0.25) is 0 Å². The van der Waals surface area contributed by atoms with Crippen molar-refractivity contribution >= 4 is 11.3 Å². The van der Waals surface area contributed by atoms with E-state index in [1.807, 2.05) is 25.1 Å². The lowest BCUT2D eigenvalue weighted by Crippen LogP contribution is -2.21. The molecule has 0 saturated heterocycles. The number of aromatic nitrogens is 3. The number of aryl methyl sites for hydroxylation is 1. The van der Waals surface area contributed by atoms with Gasteiger partial charge < -0.3 is 5.32 Å². The van der Waals surface area contributed by atoms with Crippen molar-refractivity contribution in [3.8, 4) is 10.7 Å². The van der Waals surface area contributed by atoms with Gasteiger partial charge in [-0.2, -0.15) is 0 Å². The molecular formula is C14H20N4S.